The Kier molecular flexibility index (Phi) is 23.2. The molecule has 454 valence electrons. The number of benzene rings is 1. The van der Waals surface area contributed by atoms with Crippen molar-refractivity contribution < 1.29 is 57.6 Å². The van der Waals surface area contributed by atoms with Crippen molar-refractivity contribution in [3.05, 3.63) is 59.2 Å². The van der Waals surface area contributed by atoms with Crippen LogP contribution in [0.2, 0.25) is 0 Å². The third kappa shape index (κ3) is 18.6. The summed E-state index contributed by atoms with van der Waals surface area (Å²) >= 11 is 0. The first-order valence-electron chi connectivity index (χ1n) is 29.4. The molecule has 0 aromatic heterocycles. The first-order valence-corrected chi connectivity index (χ1v) is 29.4. The minimum atomic E-state index is -1.16. The van der Waals surface area contributed by atoms with E-state index in [-0.39, 0.29) is 78.8 Å². The fourth-order valence-corrected chi connectivity index (χ4v) is 11.6. The summed E-state index contributed by atoms with van der Waals surface area (Å²) in [4.78, 5) is 95.8. The van der Waals surface area contributed by atoms with Crippen molar-refractivity contribution in [3.63, 3.8) is 0 Å². The molecule has 7 amide bonds. The van der Waals surface area contributed by atoms with Gasteiger partial charge in [-0.2, -0.15) is 0 Å². The lowest BCUT2D eigenvalue weighted by Gasteiger charge is -2.42. The van der Waals surface area contributed by atoms with E-state index in [2.05, 4.69) is 91.8 Å². The minimum absolute atomic E-state index is 0.0380. The van der Waals surface area contributed by atoms with Gasteiger partial charge in [0.15, 0.2) is 0 Å². The van der Waals surface area contributed by atoms with Crippen LogP contribution in [0.4, 0.5) is 4.79 Å². The Labute approximate surface area is 482 Å². The van der Waals surface area contributed by atoms with Gasteiger partial charge in [-0.1, -0.05) is 95.2 Å². The van der Waals surface area contributed by atoms with E-state index in [1.54, 1.807) is 34.8 Å². The molecule has 10 atom stereocenters. The number of carbonyl (C=O) groups is 7. The number of ether oxygens (including phenoxy) is 4. The summed E-state index contributed by atoms with van der Waals surface area (Å²) in [5, 5.41) is 29.8. The Morgan fingerprint density at radius 1 is 0.790 bits per heavy atom. The fourth-order valence-electron chi connectivity index (χ4n) is 11.6. The smallest absolute Gasteiger partial charge is 0.407 e. The van der Waals surface area contributed by atoms with Crippen LogP contribution in [-0.2, 0) is 54.1 Å². The predicted octanol–water partition coefficient (Wildman–Crippen LogP) is 6.26. The van der Waals surface area contributed by atoms with Gasteiger partial charge in [0.1, 0.15) is 35.5 Å². The fraction of sp³-hybridized carbons (Fsp3) is 0.726. The van der Waals surface area contributed by atoms with Crippen LogP contribution in [0.25, 0.3) is 0 Å². The second kappa shape index (κ2) is 28.3. The lowest BCUT2D eigenvalue weighted by atomic mass is 9.66. The van der Waals surface area contributed by atoms with Crippen molar-refractivity contribution in [2.75, 3.05) is 33.4 Å². The van der Waals surface area contributed by atoms with Gasteiger partial charge in [0, 0.05) is 32.2 Å². The molecule has 1 spiro atoms. The van der Waals surface area contributed by atoms with Crippen molar-refractivity contribution in [3.8, 4) is 0 Å². The molecule has 6 unspecified atom stereocenters. The molecule has 81 heavy (non-hydrogen) atoms. The molecule has 8 N–H and O–H groups in total. The molecule has 2 heterocycles. The number of nitrogens with one attached hydrogen (secondary N) is 7. The van der Waals surface area contributed by atoms with Gasteiger partial charge in [-0.15, -0.1) is 0 Å². The normalized spacial score (nSPS) is 26.4. The zero-order valence-corrected chi connectivity index (χ0v) is 51.2. The molecule has 2 aliphatic heterocycles. The average Bonchev–Trinajstić information content (AvgIpc) is 2.95. The molecule has 19 heteroatoms. The van der Waals surface area contributed by atoms with Crippen LogP contribution in [0, 0.1) is 34.0 Å². The first kappa shape index (κ1) is 66.4. The number of aliphatic hydroxyl groups excluding tert-OH is 1. The zero-order chi connectivity index (χ0) is 60.3. The highest BCUT2D eigenvalue weighted by molar-refractivity contribution is 5.95. The molecule has 1 aromatic carbocycles. The maximum Gasteiger partial charge on any atom is 0.407 e. The van der Waals surface area contributed by atoms with Crippen LogP contribution < -0.4 is 37.2 Å². The summed E-state index contributed by atoms with van der Waals surface area (Å²) in [5.74, 6) is -2.85. The molecule has 4 aliphatic rings. The zero-order valence-electron chi connectivity index (χ0n) is 51.2. The van der Waals surface area contributed by atoms with Crippen LogP contribution in [0.3, 0.4) is 0 Å². The van der Waals surface area contributed by atoms with E-state index in [1.165, 1.54) is 5.57 Å². The average molecular weight is 1130 g/mol. The maximum atomic E-state index is 14.1. The second-order valence-electron chi connectivity index (χ2n) is 26.2. The van der Waals surface area contributed by atoms with Crippen molar-refractivity contribution in [1.29, 1.82) is 0 Å². The van der Waals surface area contributed by atoms with Gasteiger partial charge in [-0.05, 0) is 136 Å². The maximum absolute atomic E-state index is 14.1. The topological polar surface area (TPSA) is 267 Å². The van der Waals surface area contributed by atoms with Gasteiger partial charge < -0.3 is 61.3 Å². The summed E-state index contributed by atoms with van der Waals surface area (Å²) in [6.45, 7) is 27.0. The molecular formula is C62H99N7O12. The molecule has 0 radical (unpaired) electrons. The third-order valence-electron chi connectivity index (χ3n) is 17.6. The molecule has 5 rings (SSSR count). The number of allylic oxidation sites excluding steroid dienone is 1. The van der Waals surface area contributed by atoms with Crippen molar-refractivity contribution in [2.24, 2.45) is 34.0 Å². The predicted molar refractivity (Wildman–Crippen MR) is 310 cm³/mol. The van der Waals surface area contributed by atoms with Gasteiger partial charge in [0.05, 0.1) is 48.7 Å². The summed E-state index contributed by atoms with van der Waals surface area (Å²) < 4.78 is 24.5. The van der Waals surface area contributed by atoms with Crippen LogP contribution in [0.15, 0.2) is 53.6 Å². The molecule has 19 nitrogen and oxygen atoms in total. The quantitative estimate of drug-likeness (QED) is 0.0342. The molecule has 1 aromatic rings. The SMILES string of the molecule is COC1C(OC(=O)N[C@H]2CC[C@H](NC(=O)CNC(=O)[C@H](CC(C)C)NC(=O)[C@H](Cc3ccccc3)NC(=O)CNC(=O)C(C)(C)/C(C)=C/C(C)(CC(C)(C)C(C)C)C(=O)NCC(C)O)CC2)CC[C@]2(CO2)C1C1(C)O[C@@H]1CC=C(C)C. The number of epoxide rings is 2. The third-order valence-corrected chi connectivity index (χ3v) is 17.6. The first-order chi connectivity index (χ1) is 37.8. The van der Waals surface area contributed by atoms with Crippen molar-refractivity contribution in [1.82, 2.24) is 37.2 Å². The Morgan fingerprint density at radius 2 is 1.41 bits per heavy atom. The van der Waals surface area contributed by atoms with Gasteiger partial charge in [0.25, 0.3) is 0 Å². The lowest BCUT2D eigenvalue weighted by Crippen LogP contribution is -2.56. The van der Waals surface area contributed by atoms with Crippen LogP contribution in [0.5, 0.6) is 0 Å². The lowest BCUT2D eigenvalue weighted by molar-refractivity contribution is -0.133. The van der Waals surface area contributed by atoms with Crippen molar-refractivity contribution in [2.45, 2.75) is 221 Å². The highest BCUT2D eigenvalue weighted by Crippen LogP contribution is 2.59. The van der Waals surface area contributed by atoms with E-state index < -0.39 is 89.0 Å². The van der Waals surface area contributed by atoms with E-state index in [0.29, 0.717) is 50.7 Å². The molecule has 0 bridgehead atoms. The minimum Gasteiger partial charge on any atom is -0.443 e. The van der Waals surface area contributed by atoms with Crippen LogP contribution in [0.1, 0.15) is 160 Å². The van der Waals surface area contributed by atoms with Crippen LogP contribution in [-0.4, -0.2) is 140 Å². The number of amides is 7. The largest absolute Gasteiger partial charge is 0.443 e. The van der Waals surface area contributed by atoms with E-state index in [1.807, 2.05) is 57.2 Å². The highest BCUT2D eigenvalue weighted by atomic mass is 16.6. The Hall–Kier alpha value is -5.37. The van der Waals surface area contributed by atoms with E-state index in [4.69, 9.17) is 18.9 Å². The van der Waals surface area contributed by atoms with Crippen LogP contribution >= 0.6 is 0 Å². The van der Waals surface area contributed by atoms with E-state index in [9.17, 15) is 38.7 Å². The Morgan fingerprint density at radius 3 is 1.98 bits per heavy atom. The van der Waals surface area contributed by atoms with E-state index >= 15 is 0 Å². The highest BCUT2D eigenvalue weighted by Gasteiger charge is 2.72. The van der Waals surface area contributed by atoms with Gasteiger partial charge >= 0.3 is 6.09 Å². The van der Waals surface area contributed by atoms with Gasteiger partial charge in [-0.3, -0.25) is 28.8 Å². The Bertz CT molecular complexity index is 2410. The number of methoxy groups -OCH3 is 1. The standard InChI is InChI=1S/C62H99N7O12/c1-37(2)21-26-48-61(14,81-48)52-51(78-15)47(27-28-62(52)36-79-62)80-57(77)67-44-24-22-43(23-25-44)66-49(71)33-63-53(73)45(29-38(3)4)69-54(74)46(30-42-19-17-16-18-20-42)68-50(72)34-65-55(75)59(11,12)40(7)31-60(13,35-58(9,10)39(5)6)56(76)64-32-41(8)70/h16-21,31,38-39,41,43-48,51-52,70H,22-30,32-36H2,1-15H3,(H,63,73)(H,64,76)(H,65,75)(H,66,71)(H,67,77)(H,68,72)(H,69,74)/b40-31+/t41?,43-,44-,45-,46-,47?,48+,51?,52?,60?,61?,62-/m0/s1. The molecule has 2 saturated carbocycles. The van der Waals surface area contributed by atoms with Crippen molar-refractivity contribution >= 4 is 41.5 Å². The summed E-state index contributed by atoms with van der Waals surface area (Å²) in [5.41, 5.74) is -0.658. The summed E-state index contributed by atoms with van der Waals surface area (Å²) in [7, 11) is 1.65. The molecule has 4 fully saturated rings. The molecule has 2 saturated heterocycles. The van der Waals surface area contributed by atoms with Gasteiger partial charge in [0.2, 0.25) is 35.4 Å². The second-order valence-corrected chi connectivity index (χ2v) is 26.2. The number of hydrogen-bond acceptors (Lipinski definition) is 12. The number of aliphatic hydroxyl groups is 1. The number of carbonyl (C=O) groups excluding carboxylic acids is 7. The number of hydrogen-bond donors (Lipinski definition) is 8. The summed E-state index contributed by atoms with van der Waals surface area (Å²) in [6, 6.07) is 6.57. The number of rotatable bonds is 28. The molecule has 2 aliphatic carbocycles. The van der Waals surface area contributed by atoms with Gasteiger partial charge in [-0.25, -0.2) is 4.79 Å². The number of alkyl carbamates (subject to hydrolysis) is 1. The summed E-state index contributed by atoms with van der Waals surface area (Å²) in [6.07, 6.45) is 7.28. The monoisotopic (exact) mass is 1130 g/mol. The molecular weight excluding hydrogens is 1030 g/mol. The van der Waals surface area contributed by atoms with E-state index in [0.717, 1.165) is 18.4 Å². The Balaban J connectivity index is 1.12.